The van der Waals surface area contributed by atoms with E-state index in [1.807, 2.05) is 24.3 Å². The Balaban J connectivity index is 1.64. The van der Waals surface area contributed by atoms with E-state index in [1.165, 1.54) is 16.7 Å². The average molecular weight is 306 g/mol. The Hall–Kier alpha value is -2.02. The van der Waals surface area contributed by atoms with Crippen LogP contribution in [0.5, 0.6) is 0 Å². The predicted molar refractivity (Wildman–Crippen MR) is 77.1 cm³/mol. The highest BCUT2D eigenvalue weighted by atomic mass is 32.2. The molecule has 1 aromatic heterocycles. The molecule has 1 amide bonds. The quantitative estimate of drug-likeness (QED) is 0.870. The van der Waals surface area contributed by atoms with Crippen LogP contribution in [0, 0.1) is 0 Å². The number of thioether (sulfide) groups is 1. The van der Waals surface area contributed by atoms with E-state index < -0.39 is 12.0 Å². The lowest BCUT2D eigenvalue weighted by Gasteiger charge is -2.20. The summed E-state index contributed by atoms with van der Waals surface area (Å²) in [5, 5.41) is 9.51. The first-order chi connectivity index (χ1) is 10.1. The molecule has 3 rings (SSSR count). The van der Waals surface area contributed by atoms with Gasteiger partial charge in [-0.1, -0.05) is 23.9 Å². The molecule has 7 heteroatoms. The summed E-state index contributed by atoms with van der Waals surface area (Å²) in [5.74, 6) is -0.990. The van der Waals surface area contributed by atoms with Crippen molar-refractivity contribution in [1.29, 1.82) is 0 Å². The van der Waals surface area contributed by atoms with Crippen LogP contribution in [0.25, 0.3) is 11.1 Å². The van der Waals surface area contributed by atoms with Gasteiger partial charge in [0.1, 0.15) is 11.6 Å². The van der Waals surface area contributed by atoms with E-state index in [-0.39, 0.29) is 11.7 Å². The number of carboxylic acid groups (broad SMARTS) is 1. The summed E-state index contributed by atoms with van der Waals surface area (Å²) in [6.07, 6.45) is 1.25. The summed E-state index contributed by atoms with van der Waals surface area (Å²) in [7, 11) is 0. The molecule has 1 saturated heterocycles. The number of aromatic nitrogens is 1. The number of likely N-dealkylation sites (tertiary alicyclic amines) is 1. The number of aliphatic carboxylic acids is 1. The lowest BCUT2D eigenvalue weighted by Crippen LogP contribution is -2.41. The van der Waals surface area contributed by atoms with E-state index in [1.54, 1.807) is 0 Å². The van der Waals surface area contributed by atoms with E-state index in [9.17, 15) is 9.59 Å². The van der Waals surface area contributed by atoms with Crippen molar-refractivity contribution in [3.8, 4) is 0 Å². The van der Waals surface area contributed by atoms with Gasteiger partial charge in [-0.05, 0) is 25.0 Å². The molecule has 1 aliphatic rings. The summed E-state index contributed by atoms with van der Waals surface area (Å²) in [4.78, 5) is 28.9. The molecule has 6 nitrogen and oxygen atoms in total. The number of nitrogens with zero attached hydrogens (tertiary/aromatic N) is 2. The van der Waals surface area contributed by atoms with Gasteiger partial charge in [-0.25, -0.2) is 9.78 Å². The van der Waals surface area contributed by atoms with Crippen molar-refractivity contribution in [2.75, 3.05) is 12.3 Å². The zero-order chi connectivity index (χ0) is 14.8. The Morgan fingerprint density at radius 1 is 1.43 bits per heavy atom. The van der Waals surface area contributed by atoms with Crippen molar-refractivity contribution < 1.29 is 19.1 Å². The molecule has 1 fully saturated rings. The van der Waals surface area contributed by atoms with Crippen LogP contribution in [0.2, 0.25) is 0 Å². The number of rotatable bonds is 4. The maximum absolute atomic E-state index is 12.1. The monoisotopic (exact) mass is 306 g/mol. The van der Waals surface area contributed by atoms with Crippen molar-refractivity contribution in [1.82, 2.24) is 9.88 Å². The molecule has 1 aliphatic heterocycles. The van der Waals surface area contributed by atoms with Crippen molar-refractivity contribution in [3.63, 3.8) is 0 Å². The third-order valence-electron chi connectivity index (χ3n) is 3.45. The number of para-hydroxylation sites is 2. The summed E-state index contributed by atoms with van der Waals surface area (Å²) < 4.78 is 5.52. The highest BCUT2D eigenvalue weighted by Crippen LogP contribution is 2.25. The van der Waals surface area contributed by atoms with E-state index in [0.29, 0.717) is 23.8 Å². The molecule has 0 bridgehead atoms. The largest absolute Gasteiger partial charge is 0.480 e. The van der Waals surface area contributed by atoms with Crippen LogP contribution in [0.3, 0.4) is 0 Å². The summed E-state index contributed by atoms with van der Waals surface area (Å²) in [6, 6.07) is 6.68. The highest BCUT2D eigenvalue weighted by molar-refractivity contribution is 7.99. The molecule has 21 heavy (non-hydrogen) atoms. The molecule has 2 heterocycles. The minimum Gasteiger partial charge on any atom is -0.480 e. The van der Waals surface area contributed by atoms with Crippen molar-refractivity contribution in [2.24, 2.45) is 0 Å². The van der Waals surface area contributed by atoms with Crippen LogP contribution in [-0.4, -0.2) is 45.2 Å². The molecule has 2 aromatic rings. The van der Waals surface area contributed by atoms with Gasteiger partial charge in [-0.15, -0.1) is 0 Å². The zero-order valence-electron chi connectivity index (χ0n) is 11.2. The molecule has 110 valence electrons. The number of oxazole rings is 1. The van der Waals surface area contributed by atoms with Crippen LogP contribution >= 0.6 is 11.8 Å². The molecular formula is C14H14N2O4S. The fourth-order valence-corrected chi connectivity index (χ4v) is 3.17. The smallest absolute Gasteiger partial charge is 0.326 e. The number of hydrogen-bond acceptors (Lipinski definition) is 5. The summed E-state index contributed by atoms with van der Waals surface area (Å²) >= 11 is 1.19. The highest BCUT2D eigenvalue weighted by Gasteiger charge is 2.33. The summed E-state index contributed by atoms with van der Waals surface area (Å²) in [6.45, 7) is 0.504. The minimum absolute atomic E-state index is 0.136. The number of benzene rings is 1. The first-order valence-electron chi connectivity index (χ1n) is 6.66. The predicted octanol–water partition coefficient (Wildman–Crippen LogP) is 2.00. The lowest BCUT2D eigenvalue weighted by molar-refractivity contribution is -0.147. The molecule has 1 aromatic carbocycles. The molecule has 0 spiro atoms. The summed E-state index contributed by atoms with van der Waals surface area (Å²) in [5.41, 5.74) is 1.43. The fourth-order valence-electron chi connectivity index (χ4n) is 2.44. The van der Waals surface area contributed by atoms with Crippen LogP contribution in [-0.2, 0) is 9.59 Å². The zero-order valence-corrected chi connectivity index (χ0v) is 12.0. The maximum atomic E-state index is 12.1. The van der Waals surface area contributed by atoms with Gasteiger partial charge in [0.15, 0.2) is 5.58 Å². The number of fused-ring (bicyclic) bond motifs is 1. The standard InChI is InChI=1S/C14H14N2O4S/c17-12(16-7-3-5-10(16)13(18)19)8-21-14-15-9-4-1-2-6-11(9)20-14/h1-2,4,6,10H,3,5,7-8H2,(H,18,19)/t10-/m1/s1. The number of amides is 1. The van der Waals surface area contributed by atoms with Gasteiger partial charge >= 0.3 is 5.97 Å². The second-order valence-electron chi connectivity index (χ2n) is 4.82. The molecule has 0 unspecified atom stereocenters. The van der Waals surface area contributed by atoms with Gasteiger partial charge in [0.05, 0.1) is 5.75 Å². The Morgan fingerprint density at radius 3 is 3.00 bits per heavy atom. The van der Waals surface area contributed by atoms with E-state index >= 15 is 0 Å². The minimum atomic E-state index is -0.937. The van der Waals surface area contributed by atoms with Crippen LogP contribution in [0.4, 0.5) is 0 Å². The van der Waals surface area contributed by atoms with Crippen molar-refractivity contribution >= 4 is 34.7 Å². The van der Waals surface area contributed by atoms with Crippen molar-refractivity contribution in [3.05, 3.63) is 24.3 Å². The fraction of sp³-hybridized carbons (Fsp3) is 0.357. The van der Waals surface area contributed by atoms with Gasteiger partial charge in [0.2, 0.25) is 5.91 Å². The second-order valence-corrected chi connectivity index (χ2v) is 5.75. The topological polar surface area (TPSA) is 83.6 Å². The number of carboxylic acids is 1. The molecule has 0 saturated carbocycles. The van der Waals surface area contributed by atoms with Crippen LogP contribution in [0.1, 0.15) is 12.8 Å². The molecular weight excluding hydrogens is 292 g/mol. The molecule has 0 aliphatic carbocycles. The number of hydrogen-bond donors (Lipinski definition) is 1. The Labute approximate surface area is 125 Å². The van der Waals surface area contributed by atoms with Gasteiger partial charge in [0.25, 0.3) is 5.22 Å². The Kier molecular flexibility index (Phi) is 3.83. The van der Waals surface area contributed by atoms with E-state index in [4.69, 9.17) is 9.52 Å². The first-order valence-corrected chi connectivity index (χ1v) is 7.64. The Morgan fingerprint density at radius 2 is 2.24 bits per heavy atom. The van der Waals surface area contributed by atoms with Crippen LogP contribution < -0.4 is 0 Å². The first kappa shape index (κ1) is 13.9. The van der Waals surface area contributed by atoms with E-state index in [2.05, 4.69) is 4.98 Å². The number of carbonyl (C=O) groups is 2. The maximum Gasteiger partial charge on any atom is 0.326 e. The lowest BCUT2D eigenvalue weighted by atomic mass is 10.2. The van der Waals surface area contributed by atoms with Gasteiger partial charge in [-0.3, -0.25) is 4.79 Å². The third kappa shape index (κ3) is 2.87. The number of carbonyl (C=O) groups excluding carboxylic acids is 1. The Bertz CT molecular complexity index is 651. The SMILES string of the molecule is O=C(O)[C@H]1CCCN1C(=O)CSc1nc2ccccc2o1. The van der Waals surface area contributed by atoms with Gasteiger partial charge in [-0.2, -0.15) is 0 Å². The molecule has 0 radical (unpaired) electrons. The average Bonchev–Trinajstić information content (AvgIpc) is 3.10. The third-order valence-corrected chi connectivity index (χ3v) is 4.26. The molecule has 1 atom stereocenters. The molecule has 1 N–H and O–H groups in total. The van der Waals surface area contributed by atoms with Gasteiger partial charge < -0.3 is 14.4 Å². The van der Waals surface area contributed by atoms with Gasteiger partial charge in [0, 0.05) is 6.54 Å². The van der Waals surface area contributed by atoms with E-state index in [0.717, 1.165) is 11.9 Å². The van der Waals surface area contributed by atoms with Crippen LogP contribution in [0.15, 0.2) is 33.9 Å². The second kappa shape index (κ2) is 5.77. The van der Waals surface area contributed by atoms with Crippen molar-refractivity contribution in [2.45, 2.75) is 24.1 Å². The normalized spacial score (nSPS) is 18.3.